The summed E-state index contributed by atoms with van der Waals surface area (Å²) in [7, 11) is 0. The van der Waals surface area contributed by atoms with Crippen molar-refractivity contribution in [2.24, 2.45) is 40.1 Å². The van der Waals surface area contributed by atoms with Gasteiger partial charge in [-0.3, -0.25) is 33.6 Å². The predicted molar refractivity (Wildman–Crippen MR) is 138 cm³/mol. The molecule has 0 spiro atoms. The van der Waals surface area contributed by atoms with Crippen molar-refractivity contribution in [2.75, 3.05) is 13.1 Å². The summed E-state index contributed by atoms with van der Waals surface area (Å²) >= 11 is 0. The summed E-state index contributed by atoms with van der Waals surface area (Å²) in [4.78, 5) is 68.7. The van der Waals surface area contributed by atoms with E-state index in [9.17, 15) is 33.6 Å². The molecule has 0 fully saturated rings. The molecule has 0 rings (SSSR count). The quantitative estimate of drug-likeness (QED) is 0.0848. The van der Waals surface area contributed by atoms with Gasteiger partial charge >= 0.3 is 35.8 Å². The number of carbonyl (C=O) groups is 7. The Hall–Kier alpha value is -3.95. The van der Waals surface area contributed by atoms with Crippen molar-refractivity contribution in [3.05, 3.63) is 0 Å². The molecule has 0 aliphatic heterocycles. The highest BCUT2D eigenvalue weighted by molar-refractivity contribution is 5.80. The molecule has 0 saturated carbocycles. The Kier molecular flexibility index (Phi) is 34.0. The molecule has 0 aliphatic rings. The predicted octanol–water partition coefficient (Wildman–Crippen LogP) is -4.49. The van der Waals surface area contributed by atoms with E-state index in [0.29, 0.717) is 13.0 Å². The fraction of sp³-hybridized carbons (Fsp3) is 0.650. The standard InChI is InChI=1S/C6H14N2O2.C5H10N2O3.C4H7NO4.C3H7NO2.C2H5NO2/c7-4-2-1-3-5(8)6(9)10;6-3(5(9)10)1-2-4(7)8;5-2(4(8)9)1-3(6)7;1-2(4)3(5)6;3-1-2(4)5/h5H,1-4,7-8H2,(H,9,10);3H,1-2,6H2,(H2,7,8)(H,9,10);2H,1,5H2,(H,6,7)(H,8,9);2H,4H2,1H3,(H,5,6);1,3H2,(H,4,5)/t5-;3-;2*2-;/m0000./s1. The second kappa shape index (κ2) is 29.6. The number of hydrogen-bond acceptors (Lipinski definition) is 13. The lowest BCUT2D eigenvalue weighted by Gasteiger charge is -2.03. The second-order valence-corrected chi connectivity index (χ2v) is 7.45. The van der Waals surface area contributed by atoms with E-state index in [4.69, 9.17) is 65.0 Å². The lowest BCUT2D eigenvalue weighted by Crippen LogP contribution is -2.32. The number of amides is 1. The van der Waals surface area contributed by atoms with Gasteiger partial charge in [-0.05, 0) is 32.7 Å². The van der Waals surface area contributed by atoms with Gasteiger partial charge in [-0.25, -0.2) is 0 Å². The number of nitrogens with two attached hydrogens (primary N) is 7. The normalized spacial score (nSPS) is 12.2. The van der Waals surface area contributed by atoms with Gasteiger partial charge in [-0.15, -0.1) is 0 Å². The SMILES string of the molecule is C[C@H](N)C(=O)O.NC(=O)CC[C@H](N)C(=O)O.NCC(=O)O.NCCCC[C@H](N)C(=O)O.N[C@@H](CC(=O)O)C(=O)O. The lowest BCUT2D eigenvalue weighted by molar-refractivity contribution is -0.144. The molecule has 0 unspecified atom stereocenters. The Morgan fingerprint density at radius 1 is 0.600 bits per heavy atom. The first-order chi connectivity index (χ1) is 18.2. The molecule has 0 bridgehead atoms. The number of rotatable bonds is 14. The summed E-state index contributed by atoms with van der Waals surface area (Å²) in [6.45, 7) is 1.74. The third-order valence-electron chi connectivity index (χ3n) is 3.58. The topological polar surface area (TPSA) is 423 Å². The van der Waals surface area contributed by atoms with Crippen molar-refractivity contribution in [3.8, 4) is 0 Å². The number of carboxylic acids is 6. The minimum atomic E-state index is -1.29. The number of aliphatic carboxylic acids is 6. The molecule has 1 amide bonds. The van der Waals surface area contributed by atoms with E-state index in [1.54, 1.807) is 0 Å². The molecule has 20 heteroatoms. The Bertz CT molecular complexity index is 767. The first-order valence-electron chi connectivity index (χ1n) is 11.2. The fourth-order valence-corrected chi connectivity index (χ4v) is 1.33. The van der Waals surface area contributed by atoms with Gasteiger partial charge in [0.2, 0.25) is 5.91 Å². The molecule has 4 atom stereocenters. The molecule has 236 valence electrons. The van der Waals surface area contributed by atoms with Crippen LogP contribution in [0.2, 0.25) is 0 Å². The highest BCUT2D eigenvalue weighted by atomic mass is 16.4. The summed E-state index contributed by atoms with van der Waals surface area (Å²) in [6, 6.07) is -3.72. The van der Waals surface area contributed by atoms with E-state index >= 15 is 0 Å². The molecular weight excluding hydrogens is 546 g/mol. The maximum absolute atomic E-state index is 10.1. The van der Waals surface area contributed by atoms with Crippen LogP contribution >= 0.6 is 0 Å². The molecular formula is C20H43N7O13. The molecule has 20 nitrogen and oxygen atoms in total. The van der Waals surface area contributed by atoms with Crippen molar-refractivity contribution in [1.29, 1.82) is 0 Å². The van der Waals surface area contributed by atoms with E-state index in [1.165, 1.54) is 6.92 Å². The molecule has 0 aromatic rings. The van der Waals surface area contributed by atoms with Crippen molar-refractivity contribution >= 4 is 41.7 Å². The monoisotopic (exact) mass is 589 g/mol. The van der Waals surface area contributed by atoms with E-state index in [1.807, 2.05) is 0 Å². The maximum Gasteiger partial charge on any atom is 0.321 e. The van der Waals surface area contributed by atoms with E-state index < -0.39 is 72.3 Å². The molecule has 0 heterocycles. The van der Waals surface area contributed by atoms with Gasteiger partial charge in [0.15, 0.2) is 0 Å². The Balaban J connectivity index is -0.000000131. The zero-order valence-corrected chi connectivity index (χ0v) is 22.0. The highest BCUT2D eigenvalue weighted by Crippen LogP contribution is 1.97. The van der Waals surface area contributed by atoms with Crippen LogP contribution in [0.15, 0.2) is 0 Å². The van der Waals surface area contributed by atoms with Crippen molar-refractivity contribution < 1.29 is 64.2 Å². The van der Waals surface area contributed by atoms with Crippen LogP contribution in [-0.2, 0) is 33.6 Å². The number of carboxylic acid groups (broad SMARTS) is 6. The van der Waals surface area contributed by atoms with Crippen LogP contribution in [0.4, 0.5) is 0 Å². The van der Waals surface area contributed by atoms with Crippen molar-refractivity contribution in [3.63, 3.8) is 0 Å². The van der Waals surface area contributed by atoms with Gasteiger partial charge < -0.3 is 70.8 Å². The Morgan fingerprint density at radius 2 is 0.950 bits per heavy atom. The summed E-state index contributed by atoms with van der Waals surface area (Å²) in [5, 5.41) is 48.0. The number of unbranched alkanes of at least 4 members (excludes halogenated alkanes) is 1. The smallest absolute Gasteiger partial charge is 0.321 e. The van der Waals surface area contributed by atoms with Crippen LogP contribution in [0.3, 0.4) is 0 Å². The highest BCUT2D eigenvalue weighted by Gasteiger charge is 2.14. The fourth-order valence-electron chi connectivity index (χ4n) is 1.33. The van der Waals surface area contributed by atoms with E-state index in [0.717, 1.165) is 12.8 Å². The minimum Gasteiger partial charge on any atom is -0.481 e. The molecule has 0 radical (unpaired) electrons. The first kappa shape index (κ1) is 45.9. The summed E-state index contributed by atoms with van der Waals surface area (Å²) in [5.41, 5.74) is 34.5. The summed E-state index contributed by atoms with van der Waals surface area (Å²) < 4.78 is 0. The van der Waals surface area contributed by atoms with Crippen LogP contribution < -0.4 is 40.1 Å². The van der Waals surface area contributed by atoms with Gasteiger partial charge in [0.1, 0.15) is 24.2 Å². The first-order valence-corrected chi connectivity index (χ1v) is 11.2. The molecule has 40 heavy (non-hydrogen) atoms. The number of carbonyl (C=O) groups excluding carboxylic acids is 1. The van der Waals surface area contributed by atoms with E-state index in [-0.39, 0.29) is 19.4 Å². The van der Waals surface area contributed by atoms with Gasteiger partial charge in [0.05, 0.1) is 13.0 Å². The molecule has 0 aliphatic carbocycles. The average Bonchev–Trinajstić information content (AvgIpc) is 2.83. The van der Waals surface area contributed by atoms with Crippen LogP contribution in [0.5, 0.6) is 0 Å². The van der Waals surface area contributed by atoms with Gasteiger partial charge in [0, 0.05) is 6.42 Å². The zero-order chi connectivity index (χ0) is 33.0. The third kappa shape index (κ3) is 47.3. The molecule has 0 saturated heterocycles. The van der Waals surface area contributed by atoms with Gasteiger partial charge in [-0.1, -0.05) is 6.42 Å². The largest absolute Gasteiger partial charge is 0.481 e. The number of primary amides is 1. The minimum absolute atomic E-state index is 0.0213. The van der Waals surface area contributed by atoms with Crippen molar-refractivity contribution in [1.82, 2.24) is 0 Å². The van der Waals surface area contributed by atoms with Crippen LogP contribution in [-0.4, -0.2) is 110 Å². The molecule has 0 aromatic carbocycles. The number of hydrogen-bond donors (Lipinski definition) is 13. The Labute approximate surface area is 229 Å². The summed E-state index contributed by atoms with van der Waals surface area (Å²) in [6.07, 6.45) is 1.75. The van der Waals surface area contributed by atoms with Crippen LogP contribution in [0, 0.1) is 0 Å². The maximum atomic E-state index is 10.1. The molecule has 0 aromatic heterocycles. The van der Waals surface area contributed by atoms with Crippen LogP contribution in [0.25, 0.3) is 0 Å². The van der Waals surface area contributed by atoms with Crippen molar-refractivity contribution in [2.45, 2.75) is 69.6 Å². The van der Waals surface area contributed by atoms with E-state index in [2.05, 4.69) is 5.73 Å². The average molecular weight is 590 g/mol. The summed E-state index contributed by atoms with van der Waals surface area (Å²) in [5.74, 6) is -7.00. The van der Waals surface area contributed by atoms with Gasteiger partial charge in [0.25, 0.3) is 0 Å². The van der Waals surface area contributed by atoms with Gasteiger partial charge in [-0.2, -0.15) is 0 Å². The zero-order valence-electron chi connectivity index (χ0n) is 22.0. The lowest BCUT2D eigenvalue weighted by atomic mass is 10.1. The Morgan fingerprint density at radius 3 is 1.15 bits per heavy atom. The molecule has 20 N–H and O–H groups in total. The second-order valence-electron chi connectivity index (χ2n) is 7.45. The van der Waals surface area contributed by atoms with Crippen LogP contribution in [0.1, 0.15) is 45.4 Å². The third-order valence-corrected chi connectivity index (χ3v) is 3.58.